The van der Waals surface area contributed by atoms with Crippen LogP contribution in [0.1, 0.15) is 90.2 Å². The molecule has 2 aliphatic heterocycles. The zero-order valence-electron chi connectivity index (χ0n) is 22.9. The van der Waals surface area contributed by atoms with Crippen LogP contribution in [0.3, 0.4) is 0 Å². The number of alkyl carbamates (subject to hydrolysis) is 1. The number of nitrogens with zero attached hydrogens (tertiary/aromatic N) is 2. The van der Waals surface area contributed by atoms with Gasteiger partial charge in [0.15, 0.2) is 0 Å². The molecule has 10 heteroatoms. The summed E-state index contributed by atoms with van der Waals surface area (Å²) >= 11 is 0. The van der Waals surface area contributed by atoms with Crippen LogP contribution in [0.25, 0.3) is 0 Å². The first-order valence-electron chi connectivity index (χ1n) is 14.0. The predicted octanol–water partition coefficient (Wildman–Crippen LogP) is 3.77. The number of aromatic nitrogens is 1. The number of rotatable bonds is 7. The van der Waals surface area contributed by atoms with Crippen molar-refractivity contribution in [2.45, 2.75) is 102 Å². The van der Waals surface area contributed by atoms with Crippen molar-refractivity contribution in [3.8, 4) is 0 Å². The van der Waals surface area contributed by atoms with Gasteiger partial charge in [-0.2, -0.15) is 0 Å². The van der Waals surface area contributed by atoms with Crippen LogP contribution in [0.4, 0.5) is 14.9 Å². The van der Waals surface area contributed by atoms with E-state index in [4.69, 9.17) is 4.74 Å². The lowest BCUT2D eigenvalue weighted by Gasteiger charge is -2.34. The molecule has 3 aliphatic rings. The van der Waals surface area contributed by atoms with E-state index in [9.17, 15) is 18.8 Å². The van der Waals surface area contributed by atoms with E-state index in [-0.39, 0.29) is 30.3 Å². The largest absolute Gasteiger partial charge is 0.444 e. The second-order valence-corrected chi connectivity index (χ2v) is 11.9. The van der Waals surface area contributed by atoms with E-state index >= 15 is 0 Å². The molecule has 0 spiro atoms. The van der Waals surface area contributed by atoms with Crippen molar-refractivity contribution in [1.29, 1.82) is 0 Å². The average Bonchev–Trinajstić information content (AvgIpc) is 2.84. The number of carbonyl (C=O) groups is 3. The van der Waals surface area contributed by atoms with Gasteiger partial charge in [-0.3, -0.25) is 19.9 Å². The summed E-state index contributed by atoms with van der Waals surface area (Å²) < 4.78 is 20.3. The first-order valence-corrected chi connectivity index (χ1v) is 14.0. The maximum absolute atomic E-state index is 14.9. The van der Waals surface area contributed by atoms with Gasteiger partial charge in [-0.1, -0.05) is 0 Å². The Balaban J connectivity index is 1.14. The number of ether oxygens (including phenoxy) is 1. The second-order valence-electron chi connectivity index (χ2n) is 11.9. The maximum Gasteiger partial charge on any atom is 0.407 e. The SMILES string of the molecule is CC(C)(C)OC(=O)NC1CCC(NCCC2CCN(c3cnc(C4CCC(=O)NC4=O)cc3F)CC2)CC1. The van der Waals surface area contributed by atoms with Crippen molar-refractivity contribution in [2.24, 2.45) is 5.92 Å². The molecule has 0 aromatic carbocycles. The Morgan fingerprint density at radius 1 is 1.11 bits per heavy atom. The molecule has 0 bridgehead atoms. The summed E-state index contributed by atoms with van der Waals surface area (Å²) in [6, 6.07) is 2.01. The van der Waals surface area contributed by atoms with Gasteiger partial charge in [-0.05, 0) is 90.7 Å². The van der Waals surface area contributed by atoms with Gasteiger partial charge < -0.3 is 20.3 Å². The molecule has 2 saturated heterocycles. The van der Waals surface area contributed by atoms with Crippen LogP contribution < -0.4 is 20.9 Å². The first-order chi connectivity index (χ1) is 18.1. The number of halogens is 1. The van der Waals surface area contributed by atoms with E-state index in [1.54, 1.807) is 0 Å². The molecule has 1 aromatic rings. The molecule has 1 aromatic heterocycles. The fourth-order valence-corrected chi connectivity index (χ4v) is 5.71. The monoisotopic (exact) mass is 531 g/mol. The van der Waals surface area contributed by atoms with Crippen molar-refractivity contribution in [2.75, 3.05) is 24.5 Å². The number of amides is 3. The van der Waals surface area contributed by atoms with E-state index in [2.05, 4.69) is 20.9 Å². The van der Waals surface area contributed by atoms with Crippen molar-refractivity contribution in [3.05, 3.63) is 23.8 Å². The zero-order chi connectivity index (χ0) is 27.3. The Hall–Kier alpha value is -2.75. The summed E-state index contributed by atoms with van der Waals surface area (Å²) in [5.41, 5.74) is 0.382. The van der Waals surface area contributed by atoms with Crippen LogP contribution in [0, 0.1) is 11.7 Å². The van der Waals surface area contributed by atoms with E-state index < -0.39 is 17.4 Å². The fourth-order valence-electron chi connectivity index (χ4n) is 5.71. The molecule has 4 rings (SSSR count). The smallest absolute Gasteiger partial charge is 0.407 e. The van der Waals surface area contributed by atoms with Gasteiger partial charge in [0.25, 0.3) is 0 Å². The number of nitrogens with one attached hydrogen (secondary N) is 3. The Kier molecular flexibility index (Phi) is 9.23. The minimum atomic E-state index is -0.578. The molecule has 3 N–H and O–H groups in total. The molecule has 210 valence electrons. The summed E-state index contributed by atoms with van der Waals surface area (Å²) in [4.78, 5) is 41.9. The molecular formula is C28H42FN5O4. The number of anilines is 1. The number of carbonyl (C=O) groups excluding carboxylic acids is 3. The Labute approximate surface area is 224 Å². The summed E-state index contributed by atoms with van der Waals surface area (Å²) in [7, 11) is 0. The molecule has 1 atom stereocenters. The number of imide groups is 1. The lowest BCUT2D eigenvalue weighted by molar-refractivity contribution is -0.134. The third-order valence-electron chi connectivity index (χ3n) is 7.84. The normalized spacial score (nSPS) is 25.2. The minimum Gasteiger partial charge on any atom is -0.444 e. The molecular weight excluding hydrogens is 489 g/mol. The van der Waals surface area contributed by atoms with Crippen LogP contribution in [-0.4, -0.2) is 60.2 Å². The van der Waals surface area contributed by atoms with Crippen molar-refractivity contribution < 1.29 is 23.5 Å². The molecule has 1 unspecified atom stereocenters. The van der Waals surface area contributed by atoms with Crippen LogP contribution >= 0.6 is 0 Å². The number of pyridine rings is 1. The third-order valence-corrected chi connectivity index (χ3v) is 7.84. The Morgan fingerprint density at radius 2 is 1.79 bits per heavy atom. The van der Waals surface area contributed by atoms with Gasteiger partial charge in [-0.15, -0.1) is 0 Å². The number of hydrogen-bond donors (Lipinski definition) is 3. The highest BCUT2D eigenvalue weighted by molar-refractivity contribution is 6.00. The highest BCUT2D eigenvalue weighted by Crippen LogP contribution is 2.30. The maximum atomic E-state index is 14.9. The van der Waals surface area contributed by atoms with Gasteiger partial charge in [0.05, 0.1) is 23.5 Å². The van der Waals surface area contributed by atoms with Crippen molar-refractivity contribution in [3.63, 3.8) is 0 Å². The minimum absolute atomic E-state index is 0.181. The van der Waals surface area contributed by atoms with Crippen LogP contribution in [0.2, 0.25) is 0 Å². The highest BCUT2D eigenvalue weighted by atomic mass is 19.1. The van der Waals surface area contributed by atoms with Crippen LogP contribution in [0.15, 0.2) is 12.3 Å². The van der Waals surface area contributed by atoms with Crippen LogP contribution in [0.5, 0.6) is 0 Å². The second kappa shape index (κ2) is 12.4. The van der Waals surface area contributed by atoms with Gasteiger partial charge in [0.2, 0.25) is 11.8 Å². The Morgan fingerprint density at radius 3 is 2.42 bits per heavy atom. The first kappa shape index (κ1) is 28.3. The molecule has 0 radical (unpaired) electrons. The topological polar surface area (TPSA) is 113 Å². The van der Waals surface area contributed by atoms with Gasteiger partial charge >= 0.3 is 6.09 Å². The molecule has 3 amide bonds. The summed E-state index contributed by atoms with van der Waals surface area (Å²) in [6.45, 7) is 8.14. The average molecular weight is 532 g/mol. The standard InChI is InChI=1S/C28H42FN5O4/c1-28(2,3)38-27(37)32-20-6-4-19(5-7-20)30-13-10-18-11-14-34(15-12-18)24-17-31-23(16-22(24)29)21-8-9-25(35)33-26(21)36/h16-21,30H,4-15H2,1-3H3,(H,32,37)(H,33,35,36). The van der Waals surface area contributed by atoms with E-state index in [0.717, 1.165) is 64.6 Å². The van der Waals surface area contributed by atoms with Crippen molar-refractivity contribution in [1.82, 2.24) is 20.9 Å². The van der Waals surface area contributed by atoms with Gasteiger partial charge in [-0.25, -0.2) is 9.18 Å². The molecule has 3 fully saturated rings. The number of hydrogen-bond acceptors (Lipinski definition) is 7. The summed E-state index contributed by atoms with van der Waals surface area (Å²) in [5, 5.41) is 9.00. The molecule has 1 saturated carbocycles. The van der Waals surface area contributed by atoms with Crippen LogP contribution in [-0.2, 0) is 14.3 Å². The lowest BCUT2D eigenvalue weighted by Crippen LogP contribution is -2.44. The zero-order valence-corrected chi connectivity index (χ0v) is 22.9. The van der Waals surface area contributed by atoms with Gasteiger partial charge in [0.1, 0.15) is 11.4 Å². The lowest BCUT2D eigenvalue weighted by atomic mass is 9.90. The summed E-state index contributed by atoms with van der Waals surface area (Å²) in [5.74, 6) is -1.03. The van der Waals surface area contributed by atoms with Crippen molar-refractivity contribution >= 4 is 23.6 Å². The molecule has 3 heterocycles. The number of piperidine rings is 2. The predicted molar refractivity (Wildman–Crippen MR) is 142 cm³/mol. The summed E-state index contributed by atoms with van der Waals surface area (Å²) in [6.07, 6.45) is 8.90. The highest BCUT2D eigenvalue weighted by Gasteiger charge is 2.30. The molecule has 1 aliphatic carbocycles. The van der Waals surface area contributed by atoms with E-state index in [1.165, 1.54) is 12.3 Å². The molecule has 38 heavy (non-hydrogen) atoms. The molecule has 9 nitrogen and oxygen atoms in total. The fraction of sp³-hybridized carbons (Fsp3) is 0.714. The quantitative estimate of drug-likeness (QED) is 0.459. The third kappa shape index (κ3) is 7.88. The van der Waals surface area contributed by atoms with Gasteiger partial charge in [0, 0.05) is 31.6 Å². The Bertz CT molecular complexity index is 997. The van der Waals surface area contributed by atoms with E-state index in [1.807, 2.05) is 25.7 Å². The van der Waals surface area contributed by atoms with E-state index in [0.29, 0.717) is 29.8 Å².